The summed E-state index contributed by atoms with van der Waals surface area (Å²) >= 11 is 0. The Bertz CT molecular complexity index is 447. The molecule has 1 aliphatic heterocycles. The van der Waals surface area contributed by atoms with E-state index in [-0.39, 0.29) is 12.5 Å². The van der Waals surface area contributed by atoms with Crippen LogP contribution < -0.4 is 5.32 Å². The second-order valence-corrected chi connectivity index (χ2v) is 4.58. The molecule has 1 unspecified atom stereocenters. The molecule has 19 heavy (non-hydrogen) atoms. The number of rotatable bonds is 5. The first-order chi connectivity index (χ1) is 9.18. The molecule has 0 bridgehead atoms. The molecule has 0 aromatic heterocycles. The predicted octanol–water partition coefficient (Wildman–Crippen LogP) is 1.19. The molecule has 102 valence electrons. The van der Waals surface area contributed by atoms with Gasteiger partial charge in [0.05, 0.1) is 0 Å². The first-order valence-electron chi connectivity index (χ1n) is 6.39. The minimum Gasteiger partial charge on any atom is -0.447 e. The number of likely N-dealkylation sites (N-methyl/N-ethyl adjacent to an activating group) is 1. The molecule has 0 saturated carbocycles. The van der Waals surface area contributed by atoms with Crippen LogP contribution in [0.15, 0.2) is 30.3 Å². The molecule has 1 saturated heterocycles. The van der Waals surface area contributed by atoms with Crippen molar-refractivity contribution in [2.24, 2.45) is 0 Å². The molecule has 1 N–H and O–H groups in total. The number of ether oxygens (including phenoxy) is 1. The van der Waals surface area contributed by atoms with Gasteiger partial charge in [-0.05, 0) is 18.4 Å². The highest BCUT2D eigenvalue weighted by molar-refractivity contribution is 5.87. The summed E-state index contributed by atoms with van der Waals surface area (Å²) in [6.07, 6.45) is 1.36. The standard InChI is InChI=1S/C14H18N2O3/c1-16-12(10-19-14(16)18)13(17)15-9-5-8-11-6-3-2-4-7-11/h2-4,6-7,12H,5,8-10H2,1H3,(H,15,17). The number of carbonyl (C=O) groups is 2. The number of nitrogens with one attached hydrogen (secondary N) is 1. The smallest absolute Gasteiger partial charge is 0.410 e. The van der Waals surface area contributed by atoms with E-state index in [1.807, 2.05) is 18.2 Å². The highest BCUT2D eigenvalue weighted by atomic mass is 16.6. The third-order valence-corrected chi connectivity index (χ3v) is 3.21. The van der Waals surface area contributed by atoms with E-state index < -0.39 is 12.1 Å². The second-order valence-electron chi connectivity index (χ2n) is 4.58. The maximum absolute atomic E-state index is 11.8. The number of aryl methyl sites for hydroxylation is 1. The van der Waals surface area contributed by atoms with Gasteiger partial charge in [-0.15, -0.1) is 0 Å². The van der Waals surface area contributed by atoms with Gasteiger partial charge in [-0.1, -0.05) is 30.3 Å². The summed E-state index contributed by atoms with van der Waals surface area (Å²) in [5.41, 5.74) is 1.26. The molecule has 5 heteroatoms. The minimum atomic E-state index is -0.496. The molecule has 0 radical (unpaired) electrons. The van der Waals surface area contributed by atoms with Crippen molar-refractivity contribution < 1.29 is 14.3 Å². The Hall–Kier alpha value is -2.04. The topological polar surface area (TPSA) is 58.6 Å². The number of hydrogen-bond acceptors (Lipinski definition) is 3. The summed E-state index contributed by atoms with van der Waals surface area (Å²) in [7, 11) is 1.57. The monoisotopic (exact) mass is 262 g/mol. The van der Waals surface area contributed by atoms with Crippen molar-refractivity contribution in [3.63, 3.8) is 0 Å². The summed E-state index contributed by atoms with van der Waals surface area (Å²) in [4.78, 5) is 24.3. The zero-order valence-corrected chi connectivity index (χ0v) is 11.0. The van der Waals surface area contributed by atoms with Crippen LogP contribution in [0.3, 0.4) is 0 Å². The van der Waals surface area contributed by atoms with Gasteiger partial charge in [0.15, 0.2) is 0 Å². The largest absolute Gasteiger partial charge is 0.447 e. The van der Waals surface area contributed by atoms with Crippen LogP contribution in [0.1, 0.15) is 12.0 Å². The van der Waals surface area contributed by atoms with Crippen molar-refractivity contribution >= 4 is 12.0 Å². The lowest BCUT2D eigenvalue weighted by Gasteiger charge is -2.15. The summed E-state index contributed by atoms with van der Waals surface area (Å²) in [5.74, 6) is -0.151. The van der Waals surface area contributed by atoms with E-state index in [0.717, 1.165) is 12.8 Å². The van der Waals surface area contributed by atoms with E-state index in [1.165, 1.54) is 10.5 Å². The zero-order valence-electron chi connectivity index (χ0n) is 11.0. The molecule has 1 heterocycles. The van der Waals surface area contributed by atoms with Crippen molar-refractivity contribution in [1.29, 1.82) is 0 Å². The molecule has 1 aliphatic rings. The van der Waals surface area contributed by atoms with Crippen molar-refractivity contribution in [1.82, 2.24) is 10.2 Å². The van der Waals surface area contributed by atoms with Crippen LogP contribution in [0, 0.1) is 0 Å². The Morgan fingerprint density at radius 1 is 1.42 bits per heavy atom. The number of benzene rings is 1. The highest BCUT2D eigenvalue weighted by Crippen LogP contribution is 2.09. The molecule has 1 atom stereocenters. The van der Waals surface area contributed by atoms with Crippen LogP contribution in [-0.4, -0.2) is 43.1 Å². The Morgan fingerprint density at radius 3 is 2.79 bits per heavy atom. The summed E-state index contributed by atoms with van der Waals surface area (Å²) in [6.45, 7) is 0.742. The Kier molecular flexibility index (Phi) is 4.39. The maximum atomic E-state index is 11.8. The zero-order chi connectivity index (χ0) is 13.7. The fourth-order valence-corrected chi connectivity index (χ4v) is 2.01. The minimum absolute atomic E-state index is 0.139. The molecule has 2 amide bonds. The van der Waals surface area contributed by atoms with E-state index in [2.05, 4.69) is 17.4 Å². The predicted molar refractivity (Wildman–Crippen MR) is 70.7 cm³/mol. The van der Waals surface area contributed by atoms with Gasteiger partial charge in [0.25, 0.3) is 0 Å². The van der Waals surface area contributed by atoms with Gasteiger partial charge < -0.3 is 10.1 Å². The first-order valence-corrected chi connectivity index (χ1v) is 6.39. The average molecular weight is 262 g/mol. The lowest BCUT2D eigenvalue weighted by atomic mass is 10.1. The first kappa shape index (κ1) is 13.4. The van der Waals surface area contributed by atoms with Crippen molar-refractivity contribution in [2.75, 3.05) is 20.2 Å². The van der Waals surface area contributed by atoms with E-state index in [1.54, 1.807) is 7.05 Å². The Balaban J connectivity index is 1.69. The molecule has 1 fully saturated rings. The number of cyclic esters (lactones) is 1. The third kappa shape index (κ3) is 3.47. The van der Waals surface area contributed by atoms with Crippen LogP contribution in [0.2, 0.25) is 0 Å². The lowest BCUT2D eigenvalue weighted by Crippen LogP contribution is -2.44. The normalized spacial score (nSPS) is 18.3. The lowest BCUT2D eigenvalue weighted by molar-refractivity contribution is -0.124. The quantitative estimate of drug-likeness (QED) is 0.811. The molecular formula is C14H18N2O3. The Labute approximate surface area is 112 Å². The van der Waals surface area contributed by atoms with E-state index in [9.17, 15) is 9.59 Å². The van der Waals surface area contributed by atoms with Crippen LogP contribution in [0.5, 0.6) is 0 Å². The van der Waals surface area contributed by atoms with Gasteiger partial charge in [0, 0.05) is 13.6 Å². The van der Waals surface area contributed by atoms with Gasteiger partial charge in [-0.25, -0.2) is 4.79 Å². The van der Waals surface area contributed by atoms with Crippen LogP contribution in [0.4, 0.5) is 4.79 Å². The average Bonchev–Trinajstić information content (AvgIpc) is 2.76. The number of nitrogens with zero attached hydrogens (tertiary/aromatic N) is 1. The van der Waals surface area contributed by atoms with Crippen molar-refractivity contribution in [3.05, 3.63) is 35.9 Å². The van der Waals surface area contributed by atoms with E-state index >= 15 is 0 Å². The maximum Gasteiger partial charge on any atom is 0.410 e. The van der Waals surface area contributed by atoms with Crippen LogP contribution in [0.25, 0.3) is 0 Å². The van der Waals surface area contributed by atoms with Crippen LogP contribution >= 0.6 is 0 Å². The van der Waals surface area contributed by atoms with Gasteiger partial charge in [0.1, 0.15) is 12.6 Å². The summed E-state index contributed by atoms with van der Waals surface area (Å²) in [6, 6.07) is 9.63. The summed E-state index contributed by atoms with van der Waals surface area (Å²) < 4.78 is 4.80. The second kappa shape index (κ2) is 6.22. The van der Waals surface area contributed by atoms with Gasteiger partial charge in [0.2, 0.25) is 5.91 Å². The van der Waals surface area contributed by atoms with Crippen molar-refractivity contribution in [2.45, 2.75) is 18.9 Å². The molecule has 0 aliphatic carbocycles. The van der Waals surface area contributed by atoms with Gasteiger partial charge >= 0.3 is 6.09 Å². The highest BCUT2D eigenvalue weighted by Gasteiger charge is 2.34. The van der Waals surface area contributed by atoms with Crippen LogP contribution in [-0.2, 0) is 16.0 Å². The fraction of sp³-hybridized carbons (Fsp3) is 0.429. The SMILES string of the molecule is CN1C(=O)OCC1C(=O)NCCCc1ccccc1. The summed E-state index contributed by atoms with van der Waals surface area (Å²) in [5, 5.41) is 2.83. The Morgan fingerprint density at radius 2 is 2.16 bits per heavy atom. The number of carbonyl (C=O) groups excluding carboxylic acids is 2. The van der Waals surface area contributed by atoms with Gasteiger partial charge in [-0.3, -0.25) is 9.69 Å². The molecule has 1 aromatic rings. The van der Waals surface area contributed by atoms with E-state index in [0.29, 0.717) is 6.54 Å². The van der Waals surface area contributed by atoms with Crippen molar-refractivity contribution in [3.8, 4) is 0 Å². The molecule has 5 nitrogen and oxygen atoms in total. The molecule has 1 aromatic carbocycles. The molecule has 0 spiro atoms. The van der Waals surface area contributed by atoms with E-state index in [4.69, 9.17) is 4.74 Å². The van der Waals surface area contributed by atoms with Gasteiger partial charge in [-0.2, -0.15) is 0 Å². The molecular weight excluding hydrogens is 244 g/mol. The third-order valence-electron chi connectivity index (χ3n) is 3.21. The molecule has 2 rings (SSSR count). The number of amides is 2. The fourth-order valence-electron chi connectivity index (χ4n) is 2.01. The number of hydrogen-bond donors (Lipinski definition) is 1.